The molecule has 7 heteroatoms. The van der Waals surface area contributed by atoms with E-state index >= 15 is 0 Å². The van der Waals surface area contributed by atoms with Gasteiger partial charge in [0.2, 0.25) is 0 Å². The van der Waals surface area contributed by atoms with E-state index in [4.69, 9.17) is 0 Å². The monoisotopic (exact) mass is 400 g/mol. The smallest absolute Gasteiger partial charge is 0.252 e. The second kappa shape index (κ2) is 7.42. The Labute approximate surface area is 175 Å². The van der Waals surface area contributed by atoms with E-state index in [9.17, 15) is 4.79 Å². The molecular weight excluding hydrogens is 376 g/mol. The summed E-state index contributed by atoms with van der Waals surface area (Å²) in [6, 6.07) is 14.5. The molecule has 7 nitrogen and oxygen atoms in total. The Morgan fingerprint density at radius 1 is 1.20 bits per heavy atom. The lowest BCUT2D eigenvalue weighted by Crippen LogP contribution is -2.29. The highest BCUT2D eigenvalue weighted by molar-refractivity contribution is 6.04. The third kappa shape index (κ3) is 2.98. The SMILES string of the molecule is CNCc1ccc(C2Nc3cccc4c3C(=CCNC4=O)C2c2ncnn2C)cc1. The van der Waals surface area contributed by atoms with Crippen molar-refractivity contribution in [1.82, 2.24) is 25.4 Å². The van der Waals surface area contributed by atoms with Crippen molar-refractivity contribution in [3.8, 4) is 0 Å². The maximum Gasteiger partial charge on any atom is 0.252 e. The van der Waals surface area contributed by atoms with Crippen LogP contribution in [0, 0.1) is 0 Å². The van der Waals surface area contributed by atoms with Crippen LogP contribution in [0.3, 0.4) is 0 Å². The maximum absolute atomic E-state index is 12.6. The molecule has 3 aromatic rings. The van der Waals surface area contributed by atoms with Crippen LogP contribution in [-0.2, 0) is 13.6 Å². The summed E-state index contributed by atoms with van der Waals surface area (Å²) in [5.41, 5.74) is 6.14. The molecule has 0 saturated carbocycles. The van der Waals surface area contributed by atoms with Gasteiger partial charge in [0.15, 0.2) is 0 Å². The average molecular weight is 400 g/mol. The van der Waals surface area contributed by atoms with Crippen LogP contribution in [0.25, 0.3) is 5.57 Å². The van der Waals surface area contributed by atoms with Gasteiger partial charge in [-0.3, -0.25) is 9.48 Å². The van der Waals surface area contributed by atoms with Crippen LogP contribution >= 0.6 is 0 Å². The third-order valence-electron chi connectivity index (χ3n) is 5.91. The van der Waals surface area contributed by atoms with Gasteiger partial charge in [-0.25, -0.2) is 4.98 Å². The largest absolute Gasteiger partial charge is 0.377 e. The maximum atomic E-state index is 12.6. The zero-order chi connectivity index (χ0) is 20.7. The molecule has 5 rings (SSSR count). The van der Waals surface area contributed by atoms with E-state index in [1.165, 1.54) is 11.1 Å². The minimum Gasteiger partial charge on any atom is -0.377 e. The second-order valence-corrected chi connectivity index (χ2v) is 7.71. The van der Waals surface area contributed by atoms with Crippen molar-refractivity contribution in [2.75, 3.05) is 18.9 Å². The normalized spacial score (nSPS) is 19.9. The number of benzene rings is 2. The Bertz CT molecular complexity index is 1130. The van der Waals surface area contributed by atoms with Crippen molar-refractivity contribution >= 4 is 17.2 Å². The molecule has 2 aromatic carbocycles. The fourth-order valence-corrected chi connectivity index (χ4v) is 4.53. The van der Waals surface area contributed by atoms with E-state index in [0.717, 1.165) is 29.2 Å². The first-order valence-corrected chi connectivity index (χ1v) is 10.1. The number of anilines is 1. The van der Waals surface area contributed by atoms with Crippen LogP contribution in [0.5, 0.6) is 0 Å². The van der Waals surface area contributed by atoms with Crippen molar-refractivity contribution in [2.24, 2.45) is 7.05 Å². The summed E-state index contributed by atoms with van der Waals surface area (Å²) < 4.78 is 1.82. The lowest BCUT2D eigenvalue weighted by atomic mass is 9.77. The minimum absolute atomic E-state index is 0.0289. The second-order valence-electron chi connectivity index (χ2n) is 7.71. The van der Waals surface area contributed by atoms with Gasteiger partial charge in [0.05, 0.1) is 12.0 Å². The predicted octanol–water partition coefficient (Wildman–Crippen LogP) is 2.61. The highest BCUT2D eigenvalue weighted by Gasteiger charge is 2.39. The number of nitrogens with zero attached hydrogens (tertiary/aromatic N) is 3. The number of rotatable bonds is 4. The number of nitrogens with one attached hydrogen (secondary N) is 3. The first-order valence-electron chi connectivity index (χ1n) is 10.1. The lowest BCUT2D eigenvalue weighted by molar-refractivity contribution is 0.0958. The lowest BCUT2D eigenvalue weighted by Gasteiger charge is -2.37. The molecule has 2 unspecified atom stereocenters. The molecule has 1 amide bonds. The van der Waals surface area contributed by atoms with Gasteiger partial charge in [0.25, 0.3) is 5.91 Å². The van der Waals surface area contributed by atoms with Gasteiger partial charge in [0, 0.05) is 37.0 Å². The zero-order valence-corrected chi connectivity index (χ0v) is 17.0. The summed E-state index contributed by atoms with van der Waals surface area (Å²) in [5.74, 6) is 0.744. The Hall–Kier alpha value is -3.45. The molecule has 2 atom stereocenters. The molecule has 0 radical (unpaired) electrons. The molecule has 0 spiro atoms. The molecule has 1 aromatic heterocycles. The van der Waals surface area contributed by atoms with Gasteiger partial charge in [-0.15, -0.1) is 0 Å². The predicted molar refractivity (Wildman–Crippen MR) is 116 cm³/mol. The van der Waals surface area contributed by atoms with Gasteiger partial charge in [-0.1, -0.05) is 36.4 Å². The van der Waals surface area contributed by atoms with E-state index in [1.54, 1.807) is 6.33 Å². The Kier molecular flexibility index (Phi) is 4.59. The quantitative estimate of drug-likeness (QED) is 0.627. The number of aromatic nitrogens is 3. The van der Waals surface area contributed by atoms with Crippen LogP contribution in [0.15, 0.2) is 54.9 Å². The molecule has 0 fully saturated rings. The van der Waals surface area contributed by atoms with Crippen molar-refractivity contribution in [2.45, 2.75) is 18.5 Å². The molecule has 0 saturated heterocycles. The van der Waals surface area contributed by atoms with Gasteiger partial charge in [-0.05, 0) is 35.9 Å². The summed E-state index contributed by atoms with van der Waals surface area (Å²) in [6.07, 6.45) is 3.71. The Morgan fingerprint density at radius 3 is 2.77 bits per heavy atom. The fraction of sp³-hybridized carbons (Fsp3) is 0.261. The van der Waals surface area contributed by atoms with E-state index in [-0.39, 0.29) is 17.9 Å². The van der Waals surface area contributed by atoms with Crippen LogP contribution < -0.4 is 16.0 Å². The molecule has 30 heavy (non-hydrogen) atoms. The first kappa shape index (κ1) is 18.6. The highest BCUT2D eigenvalue weighted by Crippen LogP contribution is 2.50. The highest BCUT2D eigenvalue weighted by atomic mass is 16.1. The van der Waals surface area contributed by atoms with Crippen molar-refractivity contribution < 1.29 is 4.79 Å². The van der Waals surface area contributed by atoms with Gasteiger partial charge < -0.3 is 16.0 Å². The van der Waals surface area contributed by atoms with Gasteiger partial charge in [-0.2, -0.15) is 5.10 Å². The molecule has 3 heterocycles. The zero-order valence-electron chi connectivity index (χ0n) is 17.0. The Balaban J connectivity index is 1.69. The van der Waals surface area contributed by atoms with Crippen LogP contribution in [0.4, 0.5) is 5.69 Å². The topological polar surface area (TPSA) is 83.9 Å². The molecule has 0 bridgehead atoms. The van der Waals surface area contributed by atoms with Crippen molar-refractivity contribution in [3.63, 3.8) is 0 Å². The van der Waals surface area contributed by atoms with Crippen molar-refractivity contribution in [1.29, 1.82) is 0 Å². The molecule has 2 aliphatic rings. The number of hydrogen-bond donors (Lipinski definition) is 3. The summed E-state index contributed by atoms with van der Waals surface area (Å²) in [4.78, 5) is 17.2. The van der Waals surface area contributed by atoms with E-state index in [2.05, 4.69) is 56.4 Å². The molecule has 2 aliphatic heterocycles. The summed E-state index contributed by atoms with van der Waals surface area (Å²) in [7, 11) is 3.86. The number of aryl methyl sites for hydroxylation is 1. The average Bonchev–Trinajstić information content (AvgIpc) is 3.11. The standard InChI is InChI=1S/C23H24N6O/c1-24-12-14-6-8-15(9-7-14)21-20(22-26-13-27-29(22)2)16-10-11-25-23(30)17-4-3-5-18(28-21)19(16)17/h3-10,13,20-21,24,28H,11-12H2,1-2H3,(H,25,30). The summed E-state index contributed by atoms with van der Waals surface area (Å²) in [6.45, 7) is 1.32. The Morgan fingerprint density at radius 2 is 2.03 bits per heavy atom. The van der Waals surface area contributed by atoms with E-state index in [0.29, 0.717) is 12.1 Å². The van der Waals surface area contributed by atoms with Gasteiger partial charge >= 0.3 is 0 Å². The van der Waals surface area contributed by atoms with Gasteiger partial charge in [0.1, 0.15) is 12.2 Å². The minimum atomic E-state index is -0.0750. The van der Waals surface area contributed by atoms with Crippen LogP contribution in [0.2, 0.25) is 0 Å². The van der Waals surface area contributed by atoms with Crippen LogP contribution in [-0.4, -0.2) is 34.3 Å². The van der Waals surface area contributed by atoms with Crippen LogP contribution in [0.1, 0.15) is 44.8 Å². The summed E-state index contributed by atoms with van der Waals surface area (Å²) in [5, 5.41) is 14.2. The molecular formula is C23H24N6O. The molecule has 152 valence electrons. The number of amides is 1. The number of hydrogen-bond acceptors (Lipinski definition) is 5. The summed E-state index contributed by atoms with van der Waals surface area (Å²) >= 11 is 0. The number of carbonyl (C=O) groups excluding carboxylic acids is 1. The molecule has 3 N–H and O–H groups in total. The first-order chi connectivity index (χ1) is 14.7. The third-order valence-corrected chi connectivity index (χ3v) is 5.91. The van der Waals surface area contributed by atoms with E-state index in [1.807, 2.05) is 37.0 Å². The fourth-order valence-electron chi connectivity index (χ4n) is 4.53. The molecule has 0 aliphatic carbocycles. The van der Waals surface area contributed by atoms with Crippen molar-refractivity contribution in [3.05, 3.63) is 82.9 Å². The number of carbonyl (C=O) groups is 1. The van der Waals surface area contributed by atoms with E-state index < -0.39 is 0 Å².